The van der Waals surface area contributed by atoms with E-state index in [1.807, 2.05) is 24.3 Å². The van der Waals surface area contributed by atoms with Crippen molar-refractivity contribution in [2.75, 3.05) is 14.2 Å². The number of hydrogen-bond acceptors (Lipinski definition) is 3. The van der Waals surface area contributed by atoms with Crippen LogP contribution in [0.2, 0.25) is 0 Å². The van der Waals surface area contributed by atoms with Crippen LogP contribution in [0.3, 0.4) is 0 Å². The van der Waals surface area contributed by atoms with Crippen molar-refractivity contribution in [3.05, 3.63) is 36.6 Å². The maximum atomic E-state index is 5.20. The molecule has 0 saturated heterocycles. The quantitative estimate of drug-likeness (QED) is 0.768. The Morgan fingerprint density at radius 2 is 1.87 bits per heavy atom. The Kier molecular flexibility index (Phi) is 2.63. The summed E-state index contributed by atoms with van der Waals surface area (Å²) in [5.74, 6) is 2.15. The van der Waals surface area contributed by atoms with Gasteiger partial charge in [0.1, 0.15) is 5.76 Å². The van der Waals surface area contributed by atoms with Crippen molar-refractivity contribution < 1.29 is 13.9 Å². The zero-order chi connectivity index (χ0) is 10.7. The Hall–Kier alpha value is -1.90. The van der Waals surface area contributed by atoms with Crippen molar-refractivity contribution in [2.24, 2.45) is 0 Å². The Bertz CT molecular complexity index is 432. The summed E-state index contributed by atoms with van der Waals surface area (Å²) in [6.07, 6.45) is 2.65. The van der Waals surface area contributed by atoms with Gasteiger partial charge in [0.15, 0.2) is 17.8 Å². The highest BCUT2D eigenvalue weighted by molar-refractivity contribution is 5.62. The average Bonchev–Trinajstić information content (AvgIpc) is 2.81. The fourth-order valence-electron chi connectivity index (χ4n) is 1.39. The van der Waals surface area contributed by atoms with E-state index >= 15 is 0 Å². The summed E-state index contributed by atoms with van der Waals surface area (Å²) in [5.41, 5.74) is 0.939. The number of methoxy groups -OCH3 is 2. The maximum Gasteiger partial charge on any atom is 0.170 e. The number of furan rings is 1. The summed E-state index contributed by atoms with van der Waals surface area (Å²) < 4.78 is 15.5. The highest BCUT2D eigenvalue weighted by Gasteiger charge is 2.07. The molecule has 0 amide bonds. The van der Waals surface area contributed by atoms with E-state index < -0.39 is 0 Å². The second-order valence-corrected chi connectivity index (χ2v) is 2.99. The minimum absolute atomic E-state index is 0.686. The van der Waals surface area contributed by atoms with Gasteiger partial charge in [-0.05, 0) is 30.3 Å². The highest BCUT2D eigenvalue weighted by atomic mass is 16.5. The summed E-state index contributed by atoms with van der Waals surface area (Å²) in [7, 11) is 3.22. The first-order chi connectivity index (χ1) is 7.35. The molecule has 2 rings (SSSR count). The van der Waals surface area contributed by atoms with Crippen LogP contribution in [-0.4, -0.2) is 14.2 Å². The highest BCUT2D eigenvalue weighted by Crippen LogP contribution is 2.32. The monoisotopic (exact) mass is 203 g/mol. The molecular formula is C12H11O3. The summed E-state index contributed by atoms with van der Waals surface area (Å²) in [5, 5.41) is 0. The van der Waals surface area contributed by atoms with Crippen LogP contribution in [0.4, 0.5) is 0 Å². The van der Waals surface area contributed by atoms with Crippen LogP contribution in [0.25, 0.3) is 11.3 Å². The molecule has 3 heteroatoms. The van der Waals surface area contributed by atoms with E-state index in [2.05, 4.69) is 6.26 Å². The molecule has 2 aromatic rings. The SMILES string of the molecule is COc1ccc(-c2cc[c]o2)cc1OC. The molecule has 0 bridgehead atoms. The zero-order valence-electron chi connectivity index (χ0n) is 8.61. The van der Waals surface area contributed by atoms with Crippen molar-refractivity contribution in [3.63, 3.8) is 0 Å². The third-order valence-electron chi connectivity index (χ3n) is 2.14. The molecule has 0 aliphatic heterocycles. The third-order valence-corrected chi connectivity index (χ3v) is 2.14. The van der Waals surface area contributed by atoms with Gasteiger partial charge in [-0.15, -0.1) is 0 Å². The Balaban J connectivity index is 2.43. The molecule has 0 atom stereocenters. The van der Waals surface area contributed by atoms with Gasteiger partial charge < -0.3 is 13.9 Å². The van der Waals surface area contributed by atoms with Gasteiger partial charge in [0.25, 0.3) is 0 Å². The fourth-order valence-corrected chi connectivity index (χ4v) is 1.39. The molecule has 15 heavy (non-hydrogen) atoms. The Morgan fingerprint density at radius 3 is 2.47 bits per heavy atom. The first-order valence-electron chi connectivity index (χ1n) is 4.53. The van der Waals surface area contributed by atoms with Crippen molar-refractivity contribution >= 4 is 0 Å². The minimum Gasteiger partial charge on any atom is -0.493 e. The first-order valence-corrected chi connectivity index (χ1v) is 4.53. The Morgan fingerprint density at radius 1 is 1.07 bits per heavy atom. The molecule has 77 valence electrons. The smallest absolute Gasteiger partial charge is 0.170 e. The van der Waals surface area contributed by atoms with Crippen LogP contribution >= 0.6 is 0 Å². The van der Waals surface area contributed by atoms with E-state index in [0.717, 1.165) is 11.3 Å². The van der Waals surface area contributed by atoms with E-state index in [-0.39, 0.29) is 0 Å². The van der Waals surface area contributed by atoms with Gasteiger partial charge in [0.05, 0.1) is 14.2 Å². The predicted octanol–water partition coefficient (Wildman–Crippen LogP) is 2.76. The van der Waals surface area contributed by atoms with Crippen LogP contribution in [0.5, 0.6) is 11.5 Å². The van der Waals surface area contributed by atoms with Crippen molar-refractivity contribution in [1.29, 1.82) is 0 Å². The summed E-state index contributed by atoms with van der Waals surface area (Å²) in [4.78, 5) is 0. The Labute approximate surface area is 88.2 Å². The molecule has 0 N–H and O–H groups in total. The molecule has 0 unspecified atom stereocenters. The summed E-state index contributed by atoms with van der Waals surface area (Å²) >= 11 is 0. The second kappa shape index (κ2) is 4.09. The minimum atomic E-state index is 0.686. The average molecular weight is 203 g/mol. The molecule has 0 fully saturated rings. The normalized spacial score (nSPS) is 10.0. The van der Waals surface area contributed by atoms with Crippen molar-refractivity contribution in [3.8, 4) is 22.8 Å². The number of rotatable bonds is 3. The van der Waals surface area contributed by atoms with Crippen LogP contribution in [0.15, 0.2) is 34.7 Å². The number of benzene rings is 1. The van der Waals surface area contributed by atoms with E-state index in [1.54, 1.807) is 20.3 Å². The van der Waals surface area contributed by atoms with Crippen LogP contribution < -0.4 is 9.47 Å². The van der Waals surface area contributed by atoms with Crippen LogP contribution in [-0.2, 0) is 0 Å². The van der Waals surface area contributed by atoms with E-state index in [4.69, 9.17) is 13.9 Å². The van der Waals surface area contributed by atoms with Crippen LogP contribution in [0, 0.1) is 6.26 Å². The summed E-state index contributed by atoms with van der Waals surface area (Å²) in [6.45, 7) is 0. The van der Waals surface area contributed by atoms with Gasteiger partial charge in [-0.3, -0.25) is 0 Å². The lowest BCUT2D eigenvalue weighted by molar-refractivity contribution is 0.355. The van der Waals surface area contributed by atoms with E-state index in [9.17, 15) is 0 Å². The molecule has 3 nitrogen and oxygen atoms in total. The van der Waals surface area contributed by atoms with E-state index in [1.165, 1.54) is 0 Å². The predicted molar refractivity (Wildman–Crippen MR) is 56.1 cm³/mol. The van der Waals surface area contributed by atoms with E-state index in [0.29, 0.717) is 11.5 Å². The molecule has 1 aromatic carbocycles. The number of ether oxygens (including phenoxy) is 2. The molecule has 0 spiro atoms. The topological polar surface area (TPSA) is 31.6 Å². The molecular weight excluding hydrogens is 192 g/mol. The van der Waals surface area contributed by atoms with Gasteiger partial charge in [0.2, 0.25) is 0 Å². The molecule has 0 saturated carbocycles. The van der Waals surface area contributed by atoms with Gasteiger partial charge in [-0.1, -0.05) is 0 Å². The van der Waals surface area contributed by atoms with Crippen LogP contribution in [0.1, 0.15) is 0 Å². The number of hydrogen-bond donors (Lipinski definition) is 0. The molecule has 1 heterocycles. The lowest BCUT2D eigenvalue weighted by Gasteiger charge is -2.08. The lowest BCUT2D eigenvalue weighted by Crippen LogP contribution is -1.90. The van der Waals surface area contributed by atoms with Crippen molar-refractivity contribution in [1.82, 2.24) is 0 Å². The first kappa shape index (κ1) is 9.65. The van der Waals surface area contributed by atoms with Gasteiger partial charge in [-0.2, -0.15) is 0 Å². The van der Waals surface area contributed by atoms with Gasteiger partial charge in [0, 0.05) is 5.56 Å². The van der Waals surface area contributed by atoms with Gasteiger partial charge >= 0.3 is 0 Å². The maximum absolute atomic E-state index is 5.20. The largest absolute Gasteiger partial charge is 0.493 e. The third kappa shape index (κ3) is 1.81. The molecule has 1 aromatic heterocycles. The summed E-state index contributed by atoms with van der Waals surface area (Å²) in [6, 6.07) is 9.20. The standard InChI is InChI=1S/C12H11O3/c1-13-11-6-5-9(8-12(11)14-2)10-4-3-7-15-10/h3-6,8H,1-2H3. The molecule has 0 aliphatic carbocycles. The van der Waals surface area contributed by atoms with Gasteiger partial charge in [-0.25, -0.2) is 0 Å². The lowest BCUT2D eigenvalue weighted by atomic mass is 10.1. The molecule has 1 radical (unpaired) electrons. The fraction of sp³-hybridized carbons (Fsp3) is 0.167. The zero-order valence-corrected chi connectivity index (χ0v) is 8.61. The second-order valence-electron chi connectivity index (χ2n) is 2.99. The molecule has 0 aliphatic rings. The van der Waals surface area contributed by atoms with Crippen molar-refractivity contribution in [2.45, 2.75) is 0 Å².